The van der Waals surface area contributed by atoms with Crippen LogP contribution in [0.15, 0.2) is 36.7 Å². The van der Waals surface area contributed by atoms with Crippen molar-refractivity contribution in [3.05, 3.63) is 48.0 Å². The highest BCUT2D eigenvalue weighted by atomic mass is 35.5. The van der Waals surface area contributed by atoms with Crippen molar-refractivity contribution in [2.45, 2.75) is 5.92 Å². The van der Waals surface area contributed by atoms with E-state index in [0.29, 0.717) is 25.4 Å². The number of nitrogens with zero attached hydrogens (tertiary/aromatic N) is 2. The van der Waals surface area contributed by atoms with E-state index in [9.17, 15) is 9.18 Å². The maximum Gasteiger partial charge on any atom is 0.225 e. The van der Waals surface area contributed by atoms with Crippen LogP contribution in [0.25, 0.3) is 0 Å². The molecule has 1 aliphatic rings. The summed E-state index contributed by atoms with van der Waals surface area (Å²) in [5, 5.41) is 10.3. The maximum atomic E-state index is 13.1. The van der Waals surface area contributed by atoms with Gasteiger partial charge in [-0.25, -0.2) is 4.39 Å². The molecule has 1 aromatic carbocycles. The minimum atomic E-state index is -0.340. The minimum absolute atomic E-state index is 0. The van der Waals surface area contributed by atoms with Gasteiger partial charge in [0.25, 0.3) is 0 Å². The Kier molecular flexibility index (Phi) is 6.78. The fraction of sp³-hybridized carbons (Fsp3) is 0.412. The van der Waals surface area contributed by atoms with Gasteiger partial charge in [-0.2, -0.15) is 5.10 Å². The van der Waals surface area contributed by atoms with Crippen LogP contribution in [-0.4, -0.2) is 41.9 Å². The van der Waals surface area contributed by atoms with E-state index in [1.165, 1.54) is 12.1 Å². The lowest BCUT2D eigenvalue weighted by Gasteiger charge is -2.17. The number of ether oxygens (including phenoxy) is 1. The number of aryl methyl sites for hydroxylation is 1. The molecule has 0 aliphatic carbocycles. The smallest absolute Gasteiger partial charge is 0.225 e. The molecule has 0 bridgehead atoms. The Morgan fingerprint density at radius 1 is 1.48 bits per heavy atom. The van der Waals surface area contributed by atoms with E-state index in [1.807, 2.05) is 19.4 Å². The van der Waals surface area contributed by atoms with E-state index in [4.69, 9.17) is 4.74 Å². The molecule has 1 fully saturated rings. The maximum absolute atomic E-state index is 13.1. The SMILES string of the molecule is Cl.Cn1cc([C@H]2CNC[C@@H]2C(=O)NCCOc2cccc(F)c2)cn1. The van der Waals surface area contributed by atoms with Crippen molar-refractivity contribution in [1.82, 2.24) is 20.4 Å². The highest BCUT2D eigenvalue weighted by Crippen LogP contribution is 2.27. The van der Waals surface area contributed by atoms with E-state index in [0.717, 1.165) is 12.1 Å². The van der Waals surface area contributed by atoms with Gasteiger partial charge >= 0.3 is 0 Å². The predicted octanol–water partition coefficient (Wildman–Crippen LogP) is 1.48. The number of hydrogen-bond acceptors (Lipinski definition) is 4. The van der Waals surface area contributed by atoms with Crippen molar-refractivity contribution in [1.29, 1.82) is 0 Å². The number of amides is 1. The van der Waals surface area contributed by atoms with E-state index < -0.39 is 0 Å². The zero-order valence-corrected chi connectivity index (χ0v) is 14.8. The first-order valence-electron chi connectivity index (χ1n) is 7.99. The number of halogens is 2. The van der Waals surface area contributed by atoms with Crippen LogP contribution in [0.2, 0.25) is 0 Å². The third-order valence-corrected chi connectivity index (χ3v) is 4.17. The van der Waals surface area contributed by atoms with Crippen molar-refractivity contribution in [2.75, 3.05) is 26.2 Å². The van der Waals surface area contributed by atoms with E-state index in [-0.39, 0.29) is 36.0 Å². The molecular weight excluding hydrogens is 347 g/mol. The first-order valence-corrected chi connectivity index (χ1v) is 7.99. The fourth-order valence-electron chi connectivity index (χ4n) is 2.97. The highest BCUT2D eigenvalue weighted by molar-refractivity contribution is 5.85. The number of aromatic nitrogens is 2. The number of hydrogen-bond donors (Lipinski definition) is 2. The molecule has 0 radical (unpaired) electrons. The molecule has 1 aliphatic heterocycles. The van der Waals surface area contributed by atoms with Crippen molar-refractivity contribution in [3.8, 4) is 5.75 Å². The molecule has 0 unspecified atom stereocenters. The number of benzene rings is 1. The molecule has 2 atom stereocenters. The van der Waals surface area contributed by atoms with Crippen LogP contribution in [0.5, 0.6) is 5.75 Å². The molecule has 8 heteroatoms. The summed E-state index contributed by atoms with van der Waals surface area (Å²) in [5.74, 6) is 0.121. The second-order valence-electron chi connectivity index (χ2n) is 5.92. The molecule has 2 N–H and O–H groups in total. The molecule has 136 valence electrons. The van der Waals surface area contributed by atoms with Gasteiger partial charge in [-0.05, 0) is 17.7 Å². The van der Waals surface area contributed by atoms with Crippen molar-refractivity contribution in [3.63, 3.8) is 0 Å². The standard InChI is InChI=1S/C17H21FN4O2.ClH/c1-22-11-12(8-21-22)15-9-19-10-16(15)17(23)20-5-6-24-14-4-2-3-13(18)7-14;/h2-4,7-8,11,15-16,19H,5-6,9-10H2,1H3,(H,20,23);1H/t15-,16+;/m1./s1. The first-order chi connectivity index (χ1) is 11.6. The summed E-state index contributed by atoms with van der Waals surface area (Å²) in [4.78, 5) is 12.4. The summed E-state index contributed by atoms with van der Waals surface area (Å²) in [6.07, 6.45) is 3.76. The third-order valence-electron chi connectivity index (χ3n) is 4.17. The molecule has 2 aromatic rings. The van der Waals surface area contributed by atoms with Gasteiger partial charge in [-0.3, -0.25) is 9.48 Å². The second kappa shape index (κ2) is 8.82. The molecule has 2 heterocycles. The van der Waals surface area contributed by atoms with Gasteiger partial charge in [0.05, 0.1) is 18.7 Å². The molecule has 0 spiro atoms. The van der Waals surface area contributed by atoms with Crippen LogP contribution in [-0.2, 0) is 11.8 Å². The molecule has 0 saturated carbocycles. The van der Waals surface area contributed by atoms with Crippen molar-refractivity contribution in [2.24, 2.45) is 13.0 Å². The van der Waals surface area contributed by atoms with Gasteiger partial charge in [0.1, 0.15) is 18.2 Å². The van der Waals surface area contributed by atoms with Gasteiger partial charge in [0.15, 0.2) is 0 Å². The topological polar surface area (TPSA) is 68.2 Å². The first kappa shape index (κ1) is 19.2. The van der Waals surface area contributed by atoms with Crippen LogP contribution in [0.3, 0.4) is 0 Å². The van der Waals surface area contributed by atoms with Gasteiger partial charge in [-0.15, -0.1) is 12.4 Å². The Morgan fingerprint density at radius 2 is 2.32 bits per heavy atom. The number of nitrogens with one attached hydrogen (secondary N) is 2. The molecule has 1 amide bonds. The summed E-state index contributed by atoms with van der Waals surface area (Å²) in [7, 11) is 1.87. The predicted molar refractivity (Wildman–Crippen MR) is 94.5 cm³/mol. The summed E-state index contributed by atoms with van der Waals surface area (Å²) in [6, 6.07) is 5.96. The van der Waals surface area contributed by atoms with Gasteiger partial charge in [0.2, 0.25) is 5.91 Å². The molecular formula is C17H22ClFN4O2. The Hall–Kier alpha value is -2.12. The Labute approximate surface area is 152 Å². The minimum Gasteiger partial charge on any atom is -0.492 e. The normalized spacial score (nSPS) is 19.3. The summed E-state index contributed by atoms with van der Waals surface area (Å²) in [5.41, 5.74) is 1.07. The lowest BCUT2D eigenvalue weighted by molar-refractivity contribution is -0.124. The zero-order valence-electron chi connectivity index (χ0n) is 13.9. The van der Waals surface area contributed by atoms with E-state index >= 15 is 0 Å². The molecule has 6 nitrogen and oxygen atoms in total. The van der Waals surface area contributed by atoms with Crippen LogP contribution < -0.4 is 15.4 Å². The lowest BCUT2D eigenvalue weighted by Crippen LogP contribution is -2.36. The van der Waals surface area contributed by atoms with Gasteiger partial charge in [-0.1, -0.05) is 6.07 Å². The molecule has 1 aromatic heterocycles. The van der Waals surface area contributed by atoms with Crippen molar-refractivity contribution < 1.29 is 13.9 Å². The van der Waals surface area contributed by atoms with Gasteiger partial charge in [0, 0.05) is 38.3 Å². The van der Waals surface area contributed by atoms with Gasteiger partial charge < -0.3 is 15.4 Å². The molecule has 1 saturated heterocycles. The average molecular weight is 369 g/mol. The lowest BCUT2D eigenvalue weighted by atomic mass is 9.90. The zero-order chi connectivity index (χ0) is 16.9. The number of carbonyl (C=O) groups excluding carboxylic acids is 1. The number of rotatable bonds is 6. The summed E-state index contributed by atoms with van der Waals surface area (Å²) in [6.45, 7) is 2.10. The largest absolute Gasteiger partial charge is 0.492 e. The Balaban J connectivity index is 0.00000225. The van der Waals surface area contributed by atoms with Crippen LogP contribution in [0.1, 0.15) is 11.5 Å². The number of carbonyl (C=O) groups is 1. The van der Waals surface area contributed by atoms with E-state index in [2.05, 4.69) is 15.7 Å². The average Bonchev–Trinajstić information content (AvgIpc) is 3.20. The van der Waals surface area contributed by atoms with E-state index in [1.54, 1.807) is 16.8 Å². The van der Waals surface area contributed by atoms with Crippen LogP contribution >= 0.6 is 12.4 Å². The quantitative estimate of drug-likeness (QED) is 0.758. The van der Waals surface area contributed by atoms with Crippen LogP contribution in [0, 0.1) is 11.7 Å². The second-order valence-corrected chi connectivity index (χ2v) is 5.92. The van der Waals surface area contributed by atoms with Crippen LogP contribution in [0.4, 0.5) is 4.39 Å². The molecule has 3 rings (SSSR count). The summed E-state index contributed by atoms with van der Waals surface area (Å²) < 4.78 is 20.2. The Morgan fingerprint density at radius 3 is 3.04 bits per heavy atom. The monoisotopic (exact) mass is 368 g/mol. The fourth-order valence-corrected chi connectivity index (χ4v) is 2.97. The molecule has 25 heavy (non-hydrogen) atoms. The highest BCUT2D eigenvalue weighted by Gasteiger charge is 2.34. The Bertz CT molecular complexity index is 709. The summed E-state index contributed by atoms with van der Waals surface area (Å²) >= 11 is 0. The van der Waals surface area contributed by atoms with Crippen molar-refractivity contribution >= 4 is 18.3 Å². The third kappa shape index (κ3) is 4.93.